The Bertz CT molecular complexity index is 691. The largest absolute Gasteiger partial charge is 0.225 e. The Balaban J connectivity index is 2.14. The zero-order valence-electron chi connectivity index (χ0n) is 12.8. The smallest absolute Gasteiger partial charge is 0.182 e. The molecule has 0 aliphatic heterocycles. The molecule has 1 heterocycles. The lowest BCUT2D eigenvalue weighted by molar-refractivity contribution is 1.10. The van der Waals surface area contributed by atoms with Crippen molar-refractivity contribution in [3.8, 4) is 22.8 Å². The number of benzene rings is 2. The van der Waals surface area contributed by atoms with E-state index in [1.165, 1.54) is 0 Å². The molecule has 22 heavy (non-hydrogen) atoms. The van der Waals surface area contributed by atoms with Crippen LogP contribution in [0.4, 0.5) is 0 Å². The van der Waals surface area contributed by atoms with Gasteiger partial charge in [-0.25, -0.2) is 15.0 Å². The molecule has 0 spiro atoms. The molecule has 2 aromatic carbocycles. The van der Waals surface area contributed by atoms with Gasteiger partial charge in [-0.3, -0.25) is 0 Å². The van der Waals surface area contributed by atoms with Crippen LogP contribution < -0.4 is 5.72 Å². The van der Waals surface area contributed by atoms with Gasteiger partial charge in [-0.05, 0) is 0 Å². The van der Waals surface area contributed by atoms with Gasteiger partial charge in [0.1, 0.15) is 0 Å². The van der Waals surface area contributed by atoms with Crippen LogP contribution >= 0.6 is 0 Å². The van der Waals surface area contributed by atoms with Gasteiger partial charge >= 0.3 is 0 Å². The van der Waals surface area contributed by atoms with Gasteiger partial charge in [-0.2, -0.15) is 0 Å². The first-order valence-electron chi connectivity index (χ1n) is 7.44. The van der Waals surface area contributed by atoms with Gasteiger partial charge in [0.05, 0.1) is 12.9 Å². The lowest BCUT2D eigenvalue weighted by Gasteiger charge is -2.10. The molecule has 105 valence electrons. The maximum atomic E-state index is 4.65. The van der Waals surface area contributed by atoms with Gasteiger partial charge < -0.3 is 0 Å². The van der Waals surface area contributed by atoms with Crippen molar-refractivity contribution >= 4 is 19.5 Å². The van der Waals surface area contributed by atoms with Gasteiger partial charge in [0.25, 0.3) is 0 Å². The van der Waals surface area contributed by atoms with E-state index in [0.29, 0.717) is 0 Å². The van der Waals surface area contributed by atoms with Crippen LogP contribution in [0.15, 0.2) is 60.7 Å². The molecule has 0 saturated carbocycles. The van der Waals surface area contributed by atoms with Crippen LogP contribution in [0.2, 0.25) is 13.6 Å². The number of aromatic nitrogens is 3. The highest BCUT2D eigenvalue weighted by Crippen LogP contribution is 2.18. The molecule has 0 atom stereocenters. The van der Waals surface area contributed by atoms with Gasteiger partial charge in [0, 0.05) is 11.1 Å². The summed E-state index contributed by atoms with van der Waals surface area (Å²) in [7, 11) is 2.10. The monoisotopic (exact) mass is 284 g/mol. The van der Waals surface area contributed by atoms with E-state index in [4.69, 9.17) is 0 Å². The number of hydrogen-bond donors (Lipinski definition) is 0. The summed E-state index contributed by atoms with van der Waals surface area (Å²) in [6, 6.07) is 20.1. The van der Waals surface area contributed by atoms with Crippen LogP contribution in [0.1, 0.15) is 0 Å². The Labute approximate surface area is 132 Å². The average Bonchev–Trinajstić information content (AvgIpc) is 2.62. The summed E-state index contributed by atoms with van der Waals surface area (Å²) < 4.78 is 0. The van der Waals surface area contributed by atoms with Crippen molar-refractivity contribution < 1.29 is 0 Å². The molecule has 3 nitrogen and oxygen atoms in total. The van der Waals surface area contributed by atoms with Crippen LogP contribution in [-0.2, 0) is 0 Å². The fourth-order valence-electron chi connectivity index (χ4n) is 2.18. The van der Waals surface area contributed by atoms with Crippen LogP contribution in [0.25, 0.3) is 22.8 Å². The lowest BCUT2D eigenvalue weighted by Crippen LogP contribution is -2.38. The van der Waals surface area contributed by atoms with E-state index in [0.717, 1.165) is 28.5 Å². The van der Waals surface area contributed by atoms with Crippen molar-refractivity contribution in [1.29, 1.82) is 0 Å². The Morgan fingerprint density at radius 3 is 1.59 bits per heavy atom. The van der Waals surface area contributed by atoms with Crippen LogP contribution in [0.5, 0.6) is 0 Å². The minimum atomic E-state index is 0.188. The molecule has 1 radical (unpaired) electrons. The summed E-state index contributed by atoms with van der Waals surface area (Å²) in [6.45, 7) is 4.31. The van der Waals surface area contributed by atoms with E-state index in [1.807, 2.05) is 67.5 Å². The number of nitrogens with zero attached hydrogens (tertiary/aromatic N) is 3. The SMILES string of the molecule is C[B]B(C)c1nc(-c2ccccc2)nc(-c2ccccc2)n1. The van der Waals surface area contributed by atoms with Gasteiger partial charge in [0.15, 0.2) is 18.3 Å². The molecule has 0 saturated heterocycles. The highest BCUT2D eigenvalue weighted by molar-refractivity contribution is 7.17. The molecular weight excluding hydrogens is 268 g/mol. The second-order valence-corrected chi connectivity index (χ2v) is 5.19. The Morgan fingerprint density at radius 1 is 0.727 bits per heavy atom. The molecule has 0 aliphatic rings. The highest BCUT2D eigenvalue weighted by atomic mass is 15.0. The van der Waals surface area contributed by atoms with Crippen LogP contribution in [0, 0.1) is 0 Å². The van der Waals surface area contributed by atoms with Crippen molar-refractivity contribution in [1.82, 2.24) is 15.0 Å². The van der Waals surface area contributed by atoms with Crippen molar-refractivity contribution in [2.45, 2.75) is 13.6 Å². The zero-order valence-corrected chi connectivity index (χ0v) is 12.8. The van der Waals surface area contributed by atoms with Crippen molar-refractivity contribution in [2.24, 2.45) is 0 Å². The molecule has 0 bridgehead atoms. The summed E-state index contributed by atoms with van der Waals surface area (Å²) in [6.07, 6.45) is 0. The van der Waals surface area contributed by atoms with Crippen molar-refractivity contribution in [3.05, 3.63) is 60.7 Å². The third-order valence-electron chi connectivity index (χ3n) is 3.62. The molecule has 0 unspecified atom stereocenters. The molecule has 0 amide bonds. The third-order valence-corrected chi connectivity index (χ3v) is 3.62. The van der Waals surface area contributed by atoms with Gasteiger partial charge in [-0.15, -0.1) is 0 Å². The van der Waals surface area contributed by atoms with Gasteiger partial charge in [-0.1, -0.05) is 74.3 Å². The summed E-state index contributed by atoms with van der Waals surface area (Å²) >= 11 is 0. The minimum absolute atomic E-state index is 0.188. The first-order chi connectivity index (χ1) is 10.8. The van der Waals surface area contributed by atoms with E-state index in [-0.39, 0.29) is 6.60 Å². The predicted molar refractivity (Wildman–Crippen MR) is 93.6 cm³/mol. The first-order valence-corrected chi connectivity index (χ1v) is 7.44. The molecule has 1 aromatic heterocycles. The predicted octanol–water partition coefficient (Wildman–Crippen LogP) is 2.79. The quantitative estimate of drug-likeness (QED) is 0.691. The zero-order chi connectivity index (χ0) is 15.4. The summed E-state index contributed by atoms with van der Waals surface area (Å²) in [5, 5.41) is 0. The molecule has 5 heteroatoms. The minimum Gasteiger partial charge on any atom is -0.225 e. The van der Waals surface area contributed by atoms with Crippen LogP contribution in [-0.4, -0.2) is 28.7 Å². The fourth-order valence-corrected chi connectivity index (χ4v) is 2.18. The summed E-state index contributed by atoms with van der Waals surface area (Å²) in [5.41, 5.74) is 2.81. The molecule has 0 N–H and O–H groups in total. The second-order valence-electron chi connectivity index (χ2n) is 5.19. The van der Waals surface area contributed by atoms with E-state index >= 15 is 0 Å². The molecule has 0 aliphatic carbocycles. The van der Waals surface area contributed by atoms with Crippen molar-refractivity contribution in [3.63, 3.8) is 0 Å². The summed E-state index contributed by atoms with van der Waals surface area (Å²) in [4.78, 5) is 13.9. The fraction of sp³-hybridized carbons (Fsp3) is 0.118. The molecule has 3 rings (SSSR count). The van der Waals surface area contributed by atoms with E-state index in [9.17, 15) is 0 Å². The third kappa shape index (κ3) is 3.08. The second kappa shape index (κ2) is 6.56. The van der Waals surface area contributed by atoms with Crippen molar-refractivity contribution in [2.75, 3.05) is 0 Å². The average molecular weight is 284 g/mol. The summed E-state index contributed by atoms with van der Waals surface area (Å²) in [5.74, 6) is 1.44. The van der Waals surface area contributed by atoms with E-state index < -0.39 is 0 Å². The number of rotatable bonds is 4. The normalized spacial score (nSPS) is 10.3. The first kappa shape index (κ1) is 14.5. The maximum Gasteiger partial charge on any atom is 0.182 e. The Kier molecular flexibility index (Phi) is 4.33. The number of hydrogen-bond acceptors (Lipinski definition) is 3. The molecule has 3 aromatic rings. The topological polar surface area (TPSA) is 38.7 Å². The van der Waals surface area contributed by atoms with Crippen LogP contribution in [0.3, 0.4) is 0 Å². The Hall–Kier alpha value is -2.42. The Morgan fingerprint density at radius 2 is 1.18 bits per heavy atom. The standard InChI is InChI=1S/C17H16B2N3/c1-18-19(2)17-21-15(13-9-5-3-6-10-13)20-16(22-17)14-11-7-4-8-12-14/h3-12H,1-2H3. The lowest BCUT2D eigenvalue weighted by atomic mass is 9.23. The van der Waals surface area contributed by atoms with E-state index in [1.54, 1.807) is 0 Å². The maximum absolute atomic E-state index is 4.65. The molecule has 0 fully saturated rings. The molecular formula is C17H16B2N3. The van der Waals surface area contributed by atoms with Gasteiger partial charge in [0.2, 0.25) is 0 Å². The van der Waals surface area contributed by atoms with E-state index in [2.05, 4.69) is 28.9 Å². The highest BCUT2D eigenvalue weighted by Gasteiger charge is 2.16.